The summed E-state index contributed by atoms with van der Waals surface area (Å²) < 4.78 is 0. The van der Waals surface area contributed by atoms with Gasteiger partial charge in [-0.25, -0.2) is 0 Å². The number of aromatic hydroxyl groups is 2. The number of phenols is 2. The molecule has 152 valence electrons. The number of rotatable bonds is 6. The molecule has 1 aliphatic carbocycles. The standard InChI is InChI=1S/C26H30O3/c1-18(2)5-4-15-26(3)16-14-22-20(17-26)9-12-23(25(22)29)24(28)13-8-19-6-10-21(27)11-7-19/h5-13,27,29H,4,14-17H2,1-3H3/t26-/m0/s1. The molecule has 0 radical (unpaired) electrons. The van der Waals surface area contributed by atoms with E-state index >= 15 is 0 Å². The van der Waals surface area contributed by atoms with E-state index in [1.807, 2.05) is 6.07 Å². The van der Waals surface area contributed by atoms with Crippen molar-refractivity contribution in [2.24, 2.45) is 5.41 Å². The molecule has 0 saturated carbocycles. The number of fused-ring (bicyclic) bond motifs is 1. The Hall–Kier alpha value is -2.81. The summed E-state index contributed by atoms with van der Waals surface area (Å²) >= 11 is 0. The van der Waals surface area contributed by atoms with E-state index in [2.05, 4.69) is 26.8 Å². The van der Waals surface area contributed by atoms with Crippen LogP contribution in [0.4, 0.5) is 0 Å². The third-order valence-corrected chi connectivity index (χ3v) is 5.86. The molecule has 0 spiro atoms. The number of hydrogen-bond acceptors (Lipinski definition) is 3. The summed E-state index contributed by atoms with van der Waals surface area (Å²) in [5.41, 5.74) is 4.84. The summed E-state index contributed by atoms with van der Waals surface area (Å²) in [6, 6.07) is 10.4. The Morgan fingerprint density at radius 1 is 1.10 bits per heavy atom. The Labute approximate surface area is 173 Å². The Morgan fingerprint density at radius 3 is 2.52 bits per heavy atom. The van der Waals surface area contributed by atoms with Gasteiger partial charge in [0.25, 0.3) is 0 Å². The monoisotopic (exact) mass is 390 g/mol. The SMILES string of the molecule is CC(C)=CCC[C@@]1(C)CCc2c(ccc(C(=O)C=Cc3ccc(O)cc3)c2O)C1. The average Bonchev–Trinajstić information content (AvgIpc) is 2.67. The number of benzene rings is 2. The van der Waals surface area contributed by atoms with Crippen molar-refractivity contribution in [3.63, 3.8) is 0 Å². The molecule has 0 aromatic heterocycles. The molecule has 3 heteroatoms. The molecule has 29 heavy (non-hydrogen) atoms. The topological polar surface area (TPSA) is 57.5 Å². The summed E-state index contributed by atoms with van der Waals surface area (Å²) in [6.45, 7) is 6.58. The highest BCUT2D eigenvalue weighted by Crippen LogP contribution is 2.42. The molecule has 0 fully saturated rings. The maximum atomic E-state index is 12.6. The first kappa shape index (κ1) is 20.9. The molecular weight excluding hydrogens is 360 g/mol. The van der Waals surface area contributed by atoms with Crippen molar-refractivity contribution in [3.05, 3.63) is 76.4 Å². The molecule has 3 nitrogen and oxygen atoms in total. The van der Waals surface area contributed by atoms with Crippen LogP contribution in [0.1, 0.15) is 67.1 Å². The van der Waals surface area contributed by atoms with Crippen molar-refractivity contribution in [2.75, 3.05) is 0 Å². The predicted octanol–water partition coefficient (Wildman–Crippen LogP) is 6.24. The molecule has 1 atom stereocenters. The van der Waals surface area contributed by atoms with Crippen LogP contribution in [0.15, 0.2) is 54.1 Å². The number of allylic oxidation sites excluding steroid dienone is 3. The van der Waals surface area contributed by atoms with Gasteiger partial charge in [0.2, 0.25) is 0 Å². The van der Waals surface area contributed by atoms with Crippen molar-refractivity contribution in [2.45, 2.75) is 52.9 Å². The third kappa shape index (κ3) is 5.17. The van der Waals surface area contributed by atoms with Gasteiger partial charge in [0.15, 0.2) is 5.78 Å². The Bertz CT molecular complexity index is 947. The van der Waals surface area contributed by atoms with Crippen LogP contribution >= 0.6 is 0 Å². The lowest BCUT2D eigenvalue weighted by Gasteiger charge is -2.35. The van der Waals surface area contributed by atoms with Crippen molar-refractivity contribution in [1.29, 1.82) is 0 Å². The molecule has 2 aromatic carbocycles. The molecule has 2 aromatic rings. The minimum atomic E-state index is -0.213. The first-order valence-electron chi connectivity index (χ1n) is 10.3. The van der Waals surface area contributed by atoms with E-state index in [0.717, 1.165) is 48.8 Å². The van der Waals surface area contributed by atoms with Crippen molar-refractivity contribution < 1.29 is 15.0 Å². The lowest BCUT2D eigenvalue weighted by Crippen LogP contribution is -2.26. The summed E-state index contributed by atoms with van der Waals surface area (Å²) in [6.07, 6.45) is 10.4. The Balaban J connectivity index is 1.75. The normalized spacial score (nSPS) is 18.4. The number of carbonyl (C=O) groups excluding carboxylic acids is 1. The third-order valence-electron chi connectivity index (χ3n) is 5.86. The van der Waals surface area contributed by atoms with Gasteiger partial charge in [-0.3, -0.25) is 4.79 Å². The van der Waals surface area contributed by atoms with Crippen molar-refractivity contribution in [1.82, 2.24) is 0 Å². The van der Waals surface area contributed by atoms with Crippen molar-refractivity contribution >= 4 is 11.9 Å². The van der Waals surface area contributed by atoms with Gasteiger partial charge in [0, 0.05) is 0 Å². The lowest BCUT2D eigenvalue weighted by atomic mass is 9.70. The van der Waals surface area contributed by atoms with E-state index in [-0.39, 0.29) is 22.7 Å². The van der Waals surface area contributed by atoms with Crippen LogP contribution in [0.5, 0.6) is 11.5 Å². The van der Waals surface area contributed by atoms with Crippen LogP contribution in [0, 0.1) is 5.41 Å². The Kier molecular flexibility index (Phi) is 6.26. The lowest BCUT2D eigenvalue weighted by molar-refractivity contribution is 0.104. The van der Waals surface area contributed by atoms with Crippen molar-refractivity contribution in [3.8, 4) is 11.5 Å². The molecule has 0 heterocycles. The number of hydrogen-bond donors (Lipinski definition) is 2. The molecule has 0 aliphatic heterocycles. The first-order chi connectivity index (χ1) is 13.8. The van der Waals surface area contributed by atoms with Crippen LogP contribution in [0.25, 0.3) is 6.08 Å². The maximum absolute atomic E-state index is 12.6. The number of phenolic OH excluding ortho intramolecular Hbond substituents is 2. The van der Waals surface area contributed by atoms with Gasteiger partial charge in [-0.05, 0) is 92.3 Å². The molecule has 0 saturated heterocycles. The van der Waals surface area contributed by atoms with Crippen LogP contribution in [-0.4, -0.2) is 16.0 Å². The zero-order chi connectivity index (χ0) is 21.0. The van der Waals surface area contributed by atoms with Gasteiger partial charge >= 0.3 is 0 Å². The smallest absolute Gasteiger partial charge is 0.189 e. The van der Waals surface area contributed by atoms with E-state index in [4.69, 9.17) is 0 Å². The van der Waals surface area contributed by atoms with E-state index in [9.17, 15) is 15.0 Å². The Morgan fingerprint density at radius 2 is 1.83 bits per heavy atom. The summed E-state index contributed by atoms with van der Waals surface area (Å²) in [4.78, 5) is 12.6. The number of carbonyl (C=O) groups is 1. The fourth-order valence-corrected chi connectivity index (χ4v) is 4.07. The second-order valence-electron chi connectivity index (χ2n) is 8.70. The van der Waals surface area contributed by atoms with Gasteiger partial charge in [-0.2, -0.15) is 0 Å². The van der Waals surface area contributed by atoms with Gasteiger partial charge < -0.3 is 10.2 Å². The molecule has 1 aliphatic rings. The first-order valence-corrected chi connectivity index (χ1v) is 10.3. The van der Waals surface area contributed by atoms with E-state index in [1.165, 1.54) is 11.6 Å². The average molecular weight is 391 g/mol. The van der Waals surface area contributed by atoms with Gasteiger partial charge in [-0.1, -0.05) is 42.8 Å². The summed E-state index contributed by atoms with van der Waals surface area (Å²) in [5.74, 6) is 0.109. The van der Waals surface area contributed by atoms with Gasteiger partial charge in [0.05, 0.1) is 5.56 Å². The molecule has 3 rings (SSSR count). The molecule has 2 N–H and O–H groups in total. The second-order valence-corrected chi connectivity index (χ2v) is 8.70. The molecular formula is C26H30O3. The summed E-state index contributed by atoms with van der Waals surface area (Å²) in [5, 5.41) is 20.1. The molecule has 0 bridgehead atoms. The fourth-order valence-electron chi connectivity index (χ4n) is 4.07. The van der Waals surface area contributed by atoms with E-state index in [1.54, 1.807) is 36.4 Å². The predicted molar refractivity (Wildman–Crippen MR) is 118 cm³/mol. The zero-order valence-electron chi connectivity index (χ0n) is 17.5. The highest BCUT2D eigenvalue weighted by Gasteiger charge is 2.31. The molecule has 0 unspecified atom stereocenters. The fraction of sp³-hybridized carbons (Fsp3) is 0.346. The second kappa shape index (κ2) is 8.69. The number of ketones is 1. The minimum absolute atomic E-state index is 0.134. The van der Waals surface area contributed by atoms with Gasteiger partial charge in [0.1, 0.15) is 11.5 Å². The van der Waals surface area contributed by atoms with Crippen LogP contribution in [0.3, 0.4) is 0 Å². The zero-order valence-corrected chi connectivity index (χ0v) is 17.5. The van der Waals surface area contributed by atoms with Crippen LogP contribution in [-0.2, 0) is 12.8 Å². The minimum Gasteiger partial charge on any atom is -0.508 e. The quantitative estimate of drug-likeness (QED) is 0.349. The summed E-state index contributed by atoms with van der Waals surface area (Å²) in [7, 11) is 0. The molecule has 0 amide bonds. The van der Waals surface area contributed by atoms with E-state index in [0.29, 0.717) is 5.56 Å². The highest BCUT2D eigenvalue weighted by atomic mass is 16.3. The maximum Gasteiger partial charge on any atom is 0.189 e. The van der Waals surface area contributed by atoms with Gasteiger partial charge in [-0.15, -0.1) is 0 Å². The highest BCUT2D eigenvalue weighted by molar-refractivity contribution is 6.08. The largest absolute Gasteiger partial charge is 0.508 e. The van der Waals surface area contributed by atoms with Crippen LogP contribution in [0.2, 0.25) is 0 Å². The van der Waals surface area contributed by atoms with E-state index < -0.39 is 0 Å². The van der Waals surface area contributed by atoms with Crippen LogP contribution < -0.4 is 0 Å².